The molecule has 16 heavy (non-hydrogen) atoms. The number of nitrogen functional groups attached to an aromatic ring is 1. The number of nitrogens with two attached hydrogens (primary N) is 1. The van der Waals surface area contributed by atoms with Crippen molar-refractivity contribution in [1.29, 1.82) is 0 Å². The van der Waals surface area contributed by atoms with Gasteiger partial charge in [0.05, 0.1) is 10.2 Å². The Bertz CT molecular complexity index is 554. The molecule has 0 saturated carbocycles. The van der Waals surface area contributed by atoms with Crippen molar-refractivity contribution in [3.63, 3.8) is 0 Å². The van der Waals surface area contributed by atoms with Gasteiger partial charge in [-0.1, -0.05) is 0 Å². The number of anilines is 1. The summed E-state index contributed by atoms with van der Waals surface area (Å²) in [5.74, 6) is -1.05. The summed E-state index contributed by atoms with van der Waals surface area (Å²) in [6.45, 7) is 1.77. The van der Waals surface area contributed by atoms with Crippen LogP contribution in [0.3, 0.4) is 0 Å². The van der Waals surface area contributed by atoms with Gasteiger partial charge in [0.1, 0.15) is 11.6 Å². The van der Waals surface area contributed by atoms with Crippen LogP contribution in [0.2, 0.25) is 0 Å². The SMILES string of the molecule is Cc1sc(N)nc1-c1cc(F)c(Br)cc1F. The van der Waals surface area contributed by atoms with Gasteiger partial charge in [0, 0.05) is 10.4 Å². The van der Waals surface area contributed by atoms with Crippen molar-refractivity contribution in [2.24, 2.45) is 0 Å². The van der Waals surface area contributed by atoms with Crippen LogP contribution in [0, 0.1) is 18.6 Å². The Hall–Kier alpha value is -1.01. The molecule has 0 aliphatic heterocycles. The molecule has 0 bridgehead atoms. The molecule has 0 atom stereocenters. The third-order valence-electron chi connectivity index (χ3n) is 2.08. The van der Waals surface area contributed by atoms with Crippen molar-refractivity contribution in [3.05, 3.63) is 33.1 Å². The van der Waals surface area contributed by atoms with E-state index in [-0.39, 0.29) is 10.0 Å². The average Bonchev–Trinajstić information content (AvgIpc) is 2.51. The maximum Gasteiger partial charge on any atom is 0.180 e. The van der Waals surface area contributed by atoms with Gasteiger partial charge >= 0.3 is 0 Å². The first-order valence-corrected chi connectivity index (χ1v) is 5.98. The molecule has 0 aliphatic rings. The highest BCUT2D eigenvalue weighted by atomic mass is 79.9. The van der Waals surface area contributed by atoms with E-state index in [1.54, 1.807) is 6.92 Å². The van der Waals surface area contributed by atoms with E-state index < -0.39 is 11.6 Å². The highest BCUT2D eigenvalue weighted by Crippen LogP contribution is 2.32. The topological polar surface area (TPSA) is 38.9 Å². The zero-order valence-electron chi connectivity index (χ0n) is 8.22. The molecule has 0 aliphatic carbocycles. The van der Waals surface area contributed by atoms with Crippen molar-refractivity contribution >= 4 is 32.4 Å². The van der Waals surface area contributed by atoms with Crippen molar-refractivity contribution in [1.82, 2.24) is 4.98 Å². The molecule has 2 rings (SSSR count). The van der Waals surface area contributed by atoms with Gasteiger partial charge in [-0.25, -0.2) is 13.8 Å². The van der Waals surface area contributed by atoms with Gasteiger partial charge in [0.25, 0.3) is 0 Å². The van der Waals surface area contributed by atoms with Crippen LogP contribution in [0.1, 0.15) is 4.88 Å². The Morgan fingerprint density at radius 3 is 2.56 bits per heavy atom. The summed E-state index contributed by atoms with van der Waals surface area (Å²) >= 11 is 4.17. The fraction of sp³-hybridized carbons (Fsp3) is 0.100. The molecule has 1 aromatic heterocycles. The van der Waals surface area contributed by atoms with Crippen LogP contribution in [-0.2, 0) is 0 Å². The van der Waals surface area contributed by atoms with Gasteiger partial charge in [-0.2, -0.15) is 0 Å². The molecular weight excluding hydrogens is 298 g/mol. The number of halogens is 3. The second-order valence-electron chi connectivity index (χ2n) is 3.20. The lowest BCUT2D eigenvalue weighted by molar-refractivity contribution is 0.597. The van der Waals surface area contributed by atoms with E-state index in [0.717, 1.165) is 17.0 Å². The van der Waals surface area contributed by atoms with Crippen molar-refractivity contribution in [2.45, 2.75) is 6.92 Å². The van der Waals surface area contributed by atoms with Crippen molar-refractivity contribution in [3.8, 4) is 11.3 Å². The Morgan fingerprint density at radius 2 is 2.00 bits per heavy atom. The minimum absolute atomic E-state index is 0.0922. The summed E-state index contributed by atoms with van der Waals surface area (Å²) in [6.07, 6.45) is 0. The number of nitrogens with zero attached hydrogens (tertiary/aromatic N) is 1. The third-order valence-corrected chi connectivity index (χ3v) is 3.49. The molecule has 6 heteroatoms. The van der Waals surface area contributed by atoms with E-state index in [2.05, 4.69) is 20.9 Å². The molecule has 84 valence electrons. The summed E-state index contributed by atoms with van der Waals surface area (Å²) in [5, 5.41) is 0.343. The van der Waals surface area contributed by atoms with Crippen LogP contribution in [0.5, 0.6) is 0 Å². The van der Waals surface area contributed by atoms with Gasteiger partial charge in [-0.3, -0.25) is 0 Å². The quantitative estimate of drug-likeness (QED) is 0.815. The standard InChI is InChI=1S/C10H7BrF2N2S/c1-4-9(15-10(14)16-4)5-2-8(13)6(11)3-7(5)12/h2-3H,1H3,(H2,14,15). The third kappa shape index (κ3) is 1.94. The molecule has 0 amide bonds. The second kappa shape index (κ2) is 4.10. The first kappa shape index (κ1) is 11.5. The second-order valence-corrected chi connectivity index (χ2v) is 5.29. The van der Waals surface area contributed by atoms with E-state index in [1.807, 2.05) is 0 Å². The number of thiazole rings is 1. The van der Waals surface area contributed by atoms with Gasteiger partial charge in [0.2, 0.25) is 0 Å². The molecule has 0 fully saturated rings. The zero-order valence-corrected chi connectivity index (χ0v) is 10.6. The summed E-state index contributed by atoms with van der Waals surface area (Å²) in [4.78, 5) is 4.75. The van der Waals surface area contributed by atoms with Crippen LogP contribution >= 0.6 is 27.3 Å². The van der Waals surface area contributed by atoms with Crippen molar-refractivity contribution < 1.29 is 8.78 Å². The molecule has 0 radical (unpaired) electrons. The Morgan fingerprint density at radius 1 is 1.31 bits per heavy atom. The lowest BCUT2D eigenvalue weighted by Gasteiger charge is -2.02. The van der Waals surface area contributed by atoms with Crippen LogP contribution in [-0.4, -0.2) is 4.98 Å². The normalized spacial score (nSPS) is 10.8. The fourth-order valence-electron chi connectivity index (χ4n) is 1.37. The Labute approximate surface area is 103 Å². The maximum atomic E-state index is 13.6. The minimum Gasteiger partial charge on any atom is -0.375 e. The van der Waals surface area contributed by atoms with Crippen LogP contribution in [0.15, 0.2) is 16.6 Å². The number of hydrogen-bond acceptors (Lipinski definition) is 3. The minimum atomic E-state index is -0.526. The molecule has 0 unspecified atom stereocenters. The predicted molar refractivity (Wildman–Crippen MR) is 64.3 cm³/mol. The van der Waals surface area contributed by atoms with Crippen LogP contribution in [0.4, 0.5) is 13.9 Å². The molecule has 2 nitrogen and oxygen atoms in total. The highest BCUT2D eigenvalue weighted by molar-refractivity contribution is 9.10. The number of benzene rings is 1. The smallest absolute Gasteiger partial charge is 0.180 e. The largest absolute Gasteiger partial charge is 0.375 e. The number of hydrogen-bond donors (Lipinski definition) is 1. The first-order chi connectivity index (χ1) is 7.49. The van der Waals surface area contributed by atoms with E-state index in [9.17, 15) is 8.78 Å². The van der Waals surface area contributed by atoms with E-state index in [1.165, 1.54) is 11.3 Å². The molecule has 0 saturated heterocycles. The maximum absolute atomic E-state index is 13.6. The lowest BCUT2D eigenvalue weighted by atomic mass is 10.1. The lowest BCUT2D eigenvalue weighted by Crippen LogP contribution is -1.90. The zero-order chi connectivity index (χ0) is 11.9. The number of rotatable bonds is 1. The van der Waals surface area contributed by atoms with Gasteiger partial charge in [-0.15, -0.1) is 11.3 Å². The van der Waals surface area contributed by atoms with Crippen LogP contribution in [0.25, 0.3) is 11.3 Å². The monoisotopic (exact) mass is 304 g/mol. The number of aryl methyl sites for hydroxylation is 1. The van der Waals surface area contributed by atoms with Gasteiger partial charge in [-0.05, 0) is 35.0 Å². The van der Waals surface area contributed by atoms with Gasteiger partial charge < -0.3 is 5.73 Å². The first-order valence-electron chi connectivity index (χ1n) is 4.37. The Kier molecular flexibility index (Phi) is 2.94. The van der Waals surface area contributed by atoms with Gasteiger partial charge in [0.15, 0.2) is 5.13 Å². The van der Waals surface area contributed by atoms with Crippen LogP contribution < -0.4 is 5.73 Å². The van der Waals surface area contributed by atoms with E-state index in [4.69, 9.17) is 5.73 Å². The molecule has 2 aromatic rings. The average molecular weight is 305 g/mol. The molecule has 0 spiro atoms. The molecular formula is C10H7BrF2N2S. The number of aromatic nitrogens is 1. The summed E-state index contributed by atoms with van der Waals surface area (Å²) in [6, 6.07) is 2.19. The molecule has 2 N–H and O–H groups in total. The fourth-order valence-corrected chi connectivity index (χ4v) is 2.39. The highest BCUT2D eigenvalue weighted by Gasteiger charge is 2.15. The Balaban J connectivity index is 2.64. The van der Waals surface area contributed by atoms with E-state index in [0.29, 0.717) is 10.8 Å². The summed E-state index contributed by atoms with van der Waals surface area (Å²) < 4.78 is 27.0. The van der Waals surface area contributed by atoms with E-state index >= 15 is 0 Å². The molecule has 1 aromatic carbocycles. The summed E-state index contributed by atoms with van der Waals surface area (Å²) in [5.41, 5.74) is 6.04. The predicted octanol–water partition coefficient (Wildman–Crippen LogP) is 3.74. The van der Waals surface area contributed by atoms with Crippen molar-refractivity contribution in [2.75, 3.05) is 5.73 Å². The summed E-state index contributed by atoms with van der Waals surface area (Å²) in [7, 11) is 0. The molecule has 1 heterocycles.